The van der Waals surface area contributed by atoms with E-state index >= 15 is 0 Å². The highest BCUT2D eigenvalue weighted by molar-refractivity contribution is 14.0. The summed E-state index contributed by atoms with van der Waals surface area (Å²) in [5, 5.41) is 11.0. The molecule has 7 nitrogen and oxygen atoms in total. The molecule has 2 N–H and O–H groups in total. The van der Waals surface area contributed by atoms with Crippen molar-refractivity contribution in [2.24, 2.45) is 4.99 Å². The minimum absolute atomic E-state index is 0. The summed E-state index contributed by atoms with van der Waals surface area (Å²) in [5.41, 5.74) is 0. The first-order valence-corrected chi connectivity index (χ1v) is 9.64. The first-order valence-electron chi connectivity index (χ1n) is 9.64. The van der Waals surface area contributed by atoms with Crippen molar-refractivity contribution in [3.8, 4) is 0 Å². The summed E-state index contributed by atoms with van der Waals surface area (Å²) >= 11 is 0. The van der Waals surface area contributed by atoms with Gasteiger partial charge >= 0.3 is 0 Å². The number of furan rings is 1. The van der Waals surface area contributed by atoms with Gasteiger partial charge in [0.2, 0.25) is 0 Å². The average molecular weight is 486 g/mol. The molecule has 1 atom stereocenters. The molecule has 1 saturated heterocycles. The van der Waals surface area contributed by atoms with Crippen LogP contribution in [0.4, 0.5) is 0 Å². The van der Waals surface area contributed by atoms with Gasteiger partial charge in [0.25, 0.3) is 0 Å². The molecule has 1 aliphatic heterocycles. The molecule has 0 aromatic carbocycles. The quantitative estimate of drug-likeness (QED) is 0.247. The molecule has 0 radical (unpaired) electrons. The summed E-state index contributed by atoms with van der Waals surface area (Å²) in [6, 6.07) is 6.18. The first kappa shape index (κ1) is 21.7. The van der Waals surface area contributed by atoms with E-state index in [9.17, 15) is 0 Å². The molecule has 2 aromatic heterocycles. The van der Waals surface area contributed by atoms with Gasteiger partial charge in [-0.15, -0.1) is 24.0 Å². The van der Waals surface area contributed by atoms with Gasteiger partial charge in [-0.05, 0) is 57.5 Å². The van der Waals surface area contributed by atoms with Crippen molar-refractivity contribution in [2.75, 3.05) is 32.7 Å². The summed E-state index contributed by atoms with van der Waals surface area (Å²) in [4.78, 5) is 7.30. The predicted octanol–water partition coefficient (Wildman–Crippen LogP) is 2.88. The molecule has 2 aromatic rings. The van der Waals surface area contributed by atoms with Gasteiger partial charge in [-0.25, -0.2) is 0 Å². The van der Waals surface area contributed by atoms with Gasteiger partial charge in [0.1, 0.15) is 5.76 Å². The summed E-state index contributed by atoms with van der Waals surface area (Å²) in [6.07, 6.45) is 9.06. The van der Waals surface area contributed by atoms with Crippen LogP contribution in [0.1, 0.15) is 38.0 Å². The molecular weight excluding hydrogens is 455 g/mol. The van der Waals surface area contributed by atoms with Crippen LogP contribution >= 0.6 is 24.0 Å². The Labute approximate surface area is 178 Å². The van der Waals surface area contributed by atoms with E-state index in [4.69, 9.17) is 9.41 Å². The van der Waals surface area contributed by atoms with Gasteiger partial charge < -0.3 is 15.1 Å². The highest BCUT2D eigenvalue weighted by Crippen LogP contribution is 2.25. The molecule has 1 fully saturated rings. The number of aromatic nitrogens is 2. The zero-order valence-corrected chi connectivity index (χ0v) is 18.3. The molecule has 0 bridgehead atoms. The van der Waals surface area contributed by atoms with E-state index in [1.54, 1.807) is 6.26 Å². The lowest BCUT2D eigenvalue weighted by Gasteiger charge is -2.24. The third kappa shape index (κ3) is 6.84. The Balaban J connectivity index is 0.00000261. The lowest BCUT2D eigenvalue weighted by Crippen LogP contribution is -2.39. The van der Waals surface area contributed by atoms with E-state index in [2.05, 4.69) is 33.6 Å². The Hall–Kier alpha value is -1.55. The van der Waals surface area contributed by atoms with Crippen LogP contribution in [0.2, 0.25) is 0 Å². The van der Waals surface area contributed by atoms with E-state index in [0.29, 0.717) is 6.54 Å². The second-order valence-corrected chi connectivity index (χ2v) is 6.54. The fourth-order valence-corrected chi connectivity index (χ4v) is 3.32. The Bertz CT molecular complexity index is 637. The van der Waals surface area contributed by atoms with Crippen LogP contribution in [0.3, 0.4) is 0 Å². The van der Waals surface area contributed by atoms with Crippen molar-refractivity contribution in [3.05, 3.63) is 42.6 Å². The molecule has 3 heterocycles. The second-order valence-electron chi connectivity index (χ2n) is 6.54. The number of hydrogen-bond acceptors (Lipinski definition) is 4. The number of nitrogens with one attached hydrogen (secondary N) is 2. The molecule has 3 rings (SSSR count). The van der Waals surface area contributed by atoms with Crippen LogP contribution in [0.5, 0.6) is 0 Å². The number of nitrogens with zero attached hydrogens (tertiary/aromatic N) is 4. The van der Waals surface area contributed by atoms with Crippen LogP contribution < -0.4 is 10.6 Å². The topological polar surface area (TPSA) is 70.6 Å². The van der Waals surface area contributed by atoms with Gasteiger partial charge in [-0.1, -0.05) is 0 Å². The number of hydrogen-bond donors (Lipinski definition) is 2. The fourth-order valence-electron chi connectivity index (χ4n) is 3.32. The maximum absolute atomic E-state index is 5.68. The zero-order chi connectivity index (χ0) is 18.0. The Morgan fingerprint density at radius 3 is 2.81 bits per heavy atom. The molecule has 0 spiro atoms. The number of aliphatic imine (C=N–C) groups is 1. The average Bonchev–Trinajstić information content (AvgIpc) is 3.42. The first-order chi connectivity index (χ1) is 12.9. The highest BCUT2D eigenvalue weighted by Gasteiger charge is 2.25. The van der Waals surface area contributed by atoms with Crippen molar-refractivity contribution in [2.45, 2.75) is 38.8 Å². The maximum atomic E-state index is 5.68. The van der Waals surface area contributed by atoms with Crippen LogP contribution in [-0.2, 0) is 6.54 Å². The smallest absolute Gasteiger partial charge is 0.191 e. The lowest BCUT2D eigenvalue weighted by molar-refractivity contribution is 0.221. The van der Waals surface area contributed by atoms with Crippen molar-refractivity contribution in [3.63, 3.8) is 0 Å². The second kappa shape index (κ2) is 12.0. The molecule has 8 heteroatoms. The van der Waals surface area contributed by atoms with Crippen molar-refractivity contribution in [1.29, 1.82) is 0 Å². The molecule has 150 valence electrons. The van der Waals surface area contributed by atoms with Gasteiger partial charge in [-0.2, -0.15) is 5.10 Å². The fraction of sp³-hybridized carbons (Fsp3) is 0.579. The highest BCUT2D eigenvalue weighted by atomic mass is 127. The largest absolute Gasteiger partial charge is 0.468 e. The molecule has 27 heavy (non-hydrogen) atoms. The monoisotopic (exact) mass is 486 g/mol. The maximum Gasteiger partial charge on any atom is 0.191 e. The van der Waals surface area contributed by atoms with Crippen molar-refractivity contribution >= 4 is 29.9 Å². The van der Waals surface area contributed by atoms with Crippen molar-refractivity contribution < 1.29 is 4.42 Å². The molecule has 0 amide bonds. The molecule has 0 saturated carbocycles. The van der Waals surface area contributed by atoms with Crippen LogP contribution in [0.25, 0.3) is 0 Å². The Morgan fingerprint density at radius 1 is 1.30 bits per heavy atom. The van der Waals surface area contributed by atoms with Gasteiger partial charge in [0.05, 0.1) is 18.8 Å². The third-order valence-electron chi connectivity index (χ3n) is 4.64. The van der Waals surface area contributed by atoms with E-state index in [1.807, 2.05) is 29.2 Å². The number of guanidine groups is 1. The summed E-state index contributed by atoms with van der Waals surface area (Å²) < 4.78 is 7.63. The van der Waals surface area contributed by atoms with E-state index in [1.165, 1.54) is 12.8 Å². The van der Waals surface area contributed by atoms with E-state index in [-0.39, 0.29) is 30.0 Å². The van der Waals surface area contributed by atoms with E-state index < -0.39 is 0 Å². The predicted molar refractivity (Wildman–Crippen MR) is 118 cm³/mol. The number of rotatable bonds is 9. The molecule has 1 aliphatic rings. The standard InChI is InChI=1S/C19H30N6O.HI/c1-2-20-19(21-9-6-13-25-14-7-10-23-25)22-16-17(18-8-5-15-26-18)24-11-3-4-12-24;/h5,7-8,10,14-15,17H,2-4,6,9,11-13,16H2,1H3,(H2,20,21,22);1H. The zero-order valence-electron chi connectivity index (χ0n) is 16.0. The number of aryl methyl sites for hydroxylation is 1. The van der Waals surface area contributed by atoms with Crippen LogP contribution in [-0.4, -0.2) is 53.4 Å². The lowest BCUT2D eigenvalue weighted by atomic mass is 10.2. The van der Waals surface area contributed by atoms with E-state index in [0.717, 1.165) is 50.9 Å². The third-order valence-corrected chi connectivity index (χ3v) is 4.64. The summed E-state index contributed by atoms with van der Waals surface area (Å²) in [7, 11) is 0. The Morgan fingerprint density at radius 2 is 2.15 bits per heavy atom. The minimum Gasteiger partial charge on any atom is -0.468 e. The van der Waals surface area contributed by atoms with Crippen LogP contribution in [0, 0.1) is 0 Å². The number of halogens is 1. The molecular formula is C19H31IN6O. The minimum atomic E-state index is 0. The molecule has 0 aliphatic carbocycles. The number of likely N-dealkylation sites (tertiary alicyclic amines) is 1. The summed E-state index contributed by atoms with van der Waals surface area (Å²) in [5.74, 6) is 1.87. The summed E-state index contributed by atoms with van der Waals surface area (Å²) in [6.45, 7) is 7.64. The normalized spacial score (nSPS) is 16.1. The van der Waals surface area contributed by atoms with Crippen molar-refractivity contribution in [1.82, 2.24) is 25.3 Å². The van der Waals surface area contributed by atoms with Gasteiger partial charge in [0.15, 0.2) is 5.96 Å². The van der Waals surface area contributed by atoms with Gasteiger partial charge in [-0.3, -0.25) is 14.6 Å². The SMILES string of the molecule is CCNC(=NCC(c1ccco1)N1CCCC1)NCCCn1cccn1.I. The van der Waals surface area contributed by atoms with Crippen LogP contribution in [0.15, 0.2) is 46.3 Å². The molecule has 1 unspecified atom stereocenters. The van der Waals surface area contributed by atoms with Gasteiger partial charge in [0, 0.05) is 32.0 Å². The Kier molecular flexibility index (Phi) is 9.68.